The fraction of sp³-hybridized carbons (Fsp3) is 0.882. The molecule has 2 aliphatic rings. The van der Waals surface area contributed by atoms with Crippen LogP contribution in [0.4, 0.5) is 0 Å². The number of rotatable bonds is 5. The minimum atomic E-state index is -0.305. The minimum absolute atomic E-state index is 0.0450. The molecule has 2 unspecified atom stereocenters. The summed E-state index contributed by atoms with van der Waals surface area (Å²) in [4.78, 5) is 12.7. The van der Waals surface area contributed by atoms with Crippen LogP contribution in [0.15, 0.2) is 0 Å². The summed E-state index contributed by atoms with van der Waals surface area (Å²) in [6, 6.07) is 0. The van der Waals surface area contributed by atoms with Gasteiger partial charge in [0.25, 0.3) is 0 Å². The summed E-state index contributed by atoms with van der Waals surface area (Å²) in [6.07, 6.45) is 9.41. The van der Waals surface area contributed by atoms with Gasteiger partial charge in [-0.1, -0.05) is 32.1 Å². The standard InChI is InChI=1S/C17H30O2S/c1-13-11-17(13,12-20(4)5)15(18)19-16(2,3)14-9-7-6-8-10-14/h13-14H,4,6-12H2,1-3,5H3/t13?,17?,20-/m1/s1. The van der Waals surface area contributed by atoms with Crippen LogP contribution in [0.1, 0.15) is 59.3 Å². The van der Waals surface area contributed by atoms with E-state index in [4.69, 9.17) is 4.74 Å². The highest BCUT2D eigenvalue weighted by Crippen LogP contribution is 2.56. The second-order valence-corrected chi connectivity index (χ2v) is 9.37. The Bertz CT molecular complexity index is 396. The van der Waals surface area contributed by atoms with E-state index in [0.717, 1.165) is 12.2 Å². The van der Waals surface area contributed by atoms with Gasteiger partial charge in [0, 0.05) is 5.75 Å². The molecule has 20 heavy (non-hydrogen) atoms. The Hall–Kier alpha value is -0.310. The molecule has 0 aliphatic heterocycles. The minimum Gasteiger partial charge on any atom is -0.459 e. The van der Waals surface area contributed by atoms with Crippen LogP contribution in [0.5, 0.6) is 0 Å². The van der Waals surface area contributed by atoms with Crippen molar-refractivity contribution in [1.29, 1.82) is 0 Å². The van der Waals surface area contributed by atoms with Crippen molar-refractivity contribution in [2.45, 2.75) is 64.9 Å². The summed E-state index contributed by atoms with van der Waals surface area (Å²) in [6.45, 7) is 6.39. The van der Waals surface area contributed by atoms with E-state index in [2.05, 4.69) is 32.9 Å². The molecule has 0 aromatic heterocycles. The molecule has 0 spiro atoms. The van der Waals surface area contributed by atoms with Gasteiger partial charge in [-0.25, -0.2) is 0 Å². The third-order valence-corrected chi connectivity index (χ3v) is 6.32. The zero-order valence-electron chi connectivity index (χ0n) is 13.5. The van der Waals surface area contributed by atoms with Gasteiger partial charge in [0.2, 0.25) is 0 Å². The lowest BCUT2D eigenvalue weighted by Crippen LogP contribution is -2.41. The molecule has 2 aliphatic carbocycles. The quantitative estimate of drug-likeness (QED) is 0.560. The molecule has 0 heterocycles. The van der Waals surface area contributed by atoms with Crippen LogP contribution in [0, 0.1) is 17.3 Å². The van der Waals surface area contributed by atoms with Gasteiger partial charge in [-0.05, 0) is 51.2 Å². The van der Waals surface area contributed by atoms with Crippen LogP contribution < -0.4 is 0 Å². The molecular weight excluding hydrogens is 268 g/mol. The topological polar surface area (TPSA) is 26.3 Å². The van der Waals surface area contributed by atoms with Gasteiger partial charge in [-0.2, -0.15) is 10.5 Å². The third-order valence-electron chi connectivity index (χ3n) is 5.31. The van der Waals surface area contributed by atoms with E-state index in [0.29, 0.717) is 11.8 Å². The van der Waals surface area contributed by atoms with Crippen molar-refractivity contribution in [2.24, 2.45) is 17.3 Å². The molecule has 0 aromatic rings. The fourth-order valence-electron chi connectivity index (χ4n) is 3.69. The van der Waals surface area contributed by atoms with E-state index in [9.17, 15) is 4.79 Å². The van der Waals surface area contributed by atoms with Crippen molar-refractivity contribution in [3.63, 3.8) is 0 Å². The highest BCUT2D eigenvalue weighted by molar-refractivity contribution is 8.13. The molecule has 2 saturated carbocycles. The lowest BCUT2D eigenvalue weighted by atomic mass is 9.78. The molecule has 0 radical (unpaired) electrons. The van der Waals surface area contributed by atoms with Gasteiger partial charge in [-0.15, -0.1) is 0 Å². The first-order valence-corrected chi connectivity index (χ1v) is 9.91. The average Bonchev–Trinajstić information content (AvgIpc) is 3.00. The van der Waals surface area contributed by atoms with E-state index in [-0.39, 0.29) is 27.5 Å². The van der Waals surface area contributed by atoms with Crippen LogP contribution in [0.2, 0.25) is 0 Å². The van der Waals surface area contributed by atoms with Crippen molar-refractivity contribution < 1.29 is 9.53 Å². The van der Waals surface area contributed by atoms with Gasteiger partial charge in [0.15, 0.2) is 0 Å². The predicted octanol–water partition coefficient (Wildman–Crippen LogP) is 4.25. The van der Waals surface area contributed by atoms with Crippen molar-refractivity contribution in [3.05, 3.63) is 0 Å². The van der Waals surface area contributed by atoms with E-state index in [1.54, 1.807) is 0 Å². The molecule has 3 heteroatoms. The highest BCUT2D eigenvalue weighted by Gasteiger charge is 2.59. The third kappa shape index (κ3) is 3.29. The van der Waals surface area contributed by atoms with Crippen molar-refractivity contribution in [2.75, 3.05) is 12.0 Å². The van der Waals surface area contributed by atoms with Gasteiger partial charge < -0.3 is 4.74 Å². The summed E-state index contributed by atoms with van der Waals surface area (Å²) in [5.41, 5.74) is -0.522. The van der Waals surface area contributed by atoms with Gasteiger partial charge in [0.1, 0.15) is 5.60 Å². The SMILES string of the molecule is C=[S@](C)CC1(C(=O)OC(C)(C)C2CCCCC2)CC1C. The smallest absolute Gasteiger partial charge is 0.313 e. The van der Waals surface area contributed by atoms with E-state index >= 15 is 0 Å². The first kappa shape index (κ1) is 16.1. The van der Waals surface area contributed by atoms with E-state index in [1.165, 1.54) is 32.1 Å². The zero-order valence-corrected chi connectivity index (χ0v) is 14.4. The maximum absolute atomic E-state index is 12.7. The van der Waals surface area contributed by atoms with Crippen LogP contribution >= 0.6 is 10.5 Å². The first-order chi connectivity index (χ1) is 9.28. The highest BCUT2D eigenvalue weighted by atomic mass is 32.2. The second kappa shape index (κ2) is 5.82. The normalized spacial score (nSPS) is 32.7. The van der Waals surface area contributed by atoms with E-state index < -0.39 is 0 Å². The predicted molar refractivity (Wildman–Crippen MR) is 88.5 cm³/mol. The lowest BCUT2D eigenvalue weighted by Gasteiger charge is -2.37. The Labute approximate surface area is 126 Å². The number of hydrogen-bond donors (Lipinski definition) is 0. The Morgan fingerprint density at radius 1 is 1.35 bits per heavy atom. The largest absolute Gasteiger partial charge is 0.459 e. The van der Waals surface area contributed by atoms with Crippen molar-refractivity contribution >= 4 is 22.3 Å². The molecular formula is C17H30O2S. The first-order valence-electron chi connectivity index (χ1n) is 7.93. The molecule has 0 bridgehead atoms. The molecule has 3 atom stereocenters. The summed E-state index contributed by atoms with van der Waals surface area (Å²) in [7, 11) is 0.0523. The number of ether oxygens (including phenoxy) is 1. The number of hydrogen-bond acceptors (Lipinski definition) is 2. The van der Waals surface area contributed by atoms with Crippen LogP contribution in [-0.2, 0) is 9.53 Å². The molecule has 0 saturated heterocycles. The Kier molecular flexibility index (Phi) is 4.68. The van der Waals surface area contributed by atoms with Crippen molar-refractivity contribution in [1.82, 2.24) is 0 Å². The van der Waals surface area contributed by atoms with Gasteiger partial charge >= 0.3 is 5.97 Å². The molecule has 0 N–H and O–H groups in total. The average molecular weight is 298 g/mol. The molecule has 116 valence electrons. The second-order valence-electron chi connectivity index (χ2n) is 7.52. The van der Waals surface area contributed by atoms with Crippen LogP contribution in [0.25, 0.3) is 0 Å². The summed E-state index contributed by atoms with van der Waals surface area (Å²) < 4.78 is 6.01. The summed E-state index contributed by atoms with van der Waals surface area (Å²) >= 11 is 0. The number of carbonyl (C=O) groups excluding carboxylic acids is 1. The number of esters is 1. The van der Waals surface area contributed by atoms with Crippen molar-refractivity contribution in [3.8, 4) is 0 Å². The monoisotopic (exact) mass is 298 g/mol. The van der Waals surface area contributed by atoms with E-state index in [1.807, 2.05) is 0 Å². The summed E-state index contributed by atoms with van der Waals surface area (Å²) in [5.74, 6) is 6.03. The zero-order chi connectivity index (χ0) is 15.0. The molecule has 2 fully saturated rings. The lowest BCUT2D eigenvalue weighted by molar-refractivity contribution is -0.169. The summed E-state index contributed by atoms with van der Waals surface area (Å²) in [5, 5.41) is 0. The molecule has 0 aromatic carbocycles. The fourth-order valence-corrected chi connectivity index (χ4v) is 5.09. The Morgan fingerprint density at radius 3 is 2.35 bits per heavy atom. The molecule has 0 amide bonds. The number of carbonyl (C=O) groups is 1. The van der Waals surface area contributed by atoms with Crippen LogP contribution in [-0.4, -0.2) is 29.4 Å². The van der Waals surface area contributed by atoms with Crippen LogP contribution in [0.3, 0.4) is 0 Å². The maximum atomic E-state index is 12.7. The Morgan fingerprint density at radius 2 is 1.90 bits per heavy atom. The van der Waals surface area contributed by atoms with Gasteiger partial charge in [0.05, 0.1) is 5.41 Å². The van der Waals surface area contributed by atoms with Gasteiger partial charge in [-0.3, -0.25) is 4.79 Å². The Balaban J connectivity index is 2.00. The maximum Gasteiger partial charge on any atom is 0.313 e. The molecule has 2 nitrogen and oxygen atoms in total. The molecule has 2 rings (SSSR count).